The SMILES string of the molecule is CCOC(=O)c1cc(C#N)c(S[C@H](C(=O)N(C)C)c2ccccc2)nc1C. The number of amides is 1. The number of hydrogen-bond acceptors (Lipinski definition) is 6. The number of aryl methyl sites for hydroxylation is 1. The summed E-state index contributed by atoms with van der Waals surface area (Å²) in [6.07, 6.45) is 0. The van der Waals surface area contributed by atoms with Gasteiger partial charge < -0.3 is 9.64 Å². The van der Waals surface area contributed by atoms with Crippen molar-refractivity contribution < 1.29 is 14.3 Å². The Hall–Kier alpha value is -2.85. The fraction of sp³-hybridized carbons (Fsp3) is 0.300. The maximum absolute atomic E-state index is 12.7. The van der Waals surface area contributed by atoms with Crippen LogP contribution in [0.15, 0.2) is 41.4 Å². The molecule has 0 fully saturated rings. The Balaban J connectivity index is 2.46. The molecule has 0 aliphatic carbocycles. The number of thioether (sulfide) groups is 1. The van der Waals surface area contributed by atoms with Gasteiger partial charge in [0.05, 0.1) is 23.4 Å². The quantitative estimate of drug-likeness (QED) is 0.562. The van der Waals surface area contributed by atoms with E-state index < -0.39 is 11.2 Å². The number of pyridine rings is 1. The Morgan fingerprint density at radius 1 is 1.30 bits per heavy atom. The van der Waals surface area contributed by atoms with Crippen molar-refractivity contribution in [1.29, 1.82) is 5.26 Å². The second kappa shape index (κ2) is 9.19. The number of benzene rings is 1. The van der Waals surface area contributed by atoms with E-state index in [1.807, 2.05) is 30.3 Å². The molecule has 2 aromatic rings. The smallest absolute Gasteiger partial charge is 0.340 e. The van der Waals surface area contributed by atoms with Crippen LogP contribution in [0.3, 0.4) is 0 Å². The molecule has 1 aromatic carbocycles. The van der Waals surface area contributed by atoms with Crippen LogP contribution in [0.1, 0.15) is 39.4 Å². The van der Waals surface area contributed by atoms with E-state index in [-0.39, 0.29) is 23.6 Å². The molecule has 1 aromatic heterocycles. The lowest BCUT2D eigenvalue weighted by atomic mass is 10.1. The minimum atomic E-state index is -0.548. The van der Waals surface area contributed by atoms with Crippen molar-refractivity contribution in [2.45, 2.75) is 24.1 Å². The van der Waals surface area contributed by atoms with E-state index in [2.05, 4.69) is 11.1 Å². The third-order valence-corrected chi connectivity index (χ3v) is 5.03. The molecule has 0 aliphatic rings. The lowest BCUT2D eigenvalue weighted by Crippen LogP contribution is -2.26. The molecule has 7 heteroatoms. The van der Waals surface area contributed by atoms with Crippen LogP contribution in [0, 0.1) is 18.3 Å². The van der Waals surface area contributed by atoms with Crippen molar-refractivity contribution in [3.63, 3.8) is 0 Å². The Kier molecular flexibility index (Phi) is 6.97. The summed E-state index contributed by atoms with van der Waals surface area (Å²) in [5.41, 5.74) is 1.77. The Bertz CT molecular complexity index is 876. The van der Waals surface area contributed by atoms with E-state index in [0.29, 0.717) is 10.7 Å². The minimum Gasteiger partial charge on any atom is -0.462 e. The van der Waals surface area contributed by atoms with Crippen LogP contribution in [0.2, 0.25) is 0 Å². The Morgan fingerprint density at radius 3 is 2.52 bits per heavy atom. The van der Waals surface area contributed by atoms with Gasteiger partial charge in [0, 0.05) is 14.1 Å². The zero-order valence-corrected chi connectivity index (χ0v) is 16.5. The van der Waals surface area contributed by atoms with Gasteiger partial charge in [-0.25, -0.2) is 9.78 Å². The van der Waals surface area contributed by atoms with Crippen LogP contribution in [-0.2, 0) is 9.53 Å². The summed E-state index contributed by atoms with van der Waals surface area (Å²) >= 11 is 1.20. The lowest BCUT2D eigenvalue weighted by molar-refractivity contribution is -0.128. The maximum atomic E-state index is 12.7. The van der Waals surface area contributed by atoms with Crippen molar-refractivity contribution in [2.75, 3.05) is 20.7 Å². The van der Waals surface area contributed by atoms with Gasteiger partial charge in [0.2, 0.25) is 5.91 Å². The first-order valence-corrected chi connectivity index (χ1v) is 9.28. The molecule has 0 radical (unpaired) electrons. The molecule has 0 aliphatic heterocycles. The van der Waals surface area contributed by atoms with Crippen LogP contribution >= 0.6 is 11.8 Å². The summed E-state index contributed by atoms with van der Waals surface area (Å²) in [7, 11) is 3.37. The molecule has 0 saturated heterocycles. The molecule has 0 spiro atoms. The first-order valence-electron chi connectivity index (χ1n) is 8.40. The summed E-state index contributed by atoms with van der Waals surface area (Å²) in [5, 5.41) is 9.39. The molecule has 0 saturated carbocycles. The number of carbonyl (C=O) groups is 2. The zero-order chi connectivity index (χ0) is 20.0. The molecule has 1 heterocycles. The minimum absolute atomic E-state index is 0.107. The molecule has 140 valence electrons. The molecule has 6 nitrogen and oxygen atoms in total. The van der Waals surface area contributed by atoms with E-state index in [4.69, 9.17) is 4.74 Å². The molecule has 0 N–H and O–H groups in total. The number of rotatable bonds is 6. The first kappa shape index (κ1) is 20.5. The Labute approximate surface area is 163 Å². The highest BCUT2D eigenvalue weighted by Crippen LogP contribution is 2.37. The highest BCUT2D eigenvalue weighted by atomic mass is 32.2. The molecule has 0 bridgehead atoms. The molecule has 0 unspecified atom stereocenters. The van der Waals surface area contributed by atoms with Crippen molar-refractivity contribution in [3.05, 3.63) is 58.8 Å². The van der Waals surface area contributed by atoms with Crippen molar-refractivity contribution in [3.8, 4) is 6.07 Å². The average molecular weight is 383 g/mol. The molecule has 1 amide bonds. The number of ether oxygens (including phenoxy) is 1. The van der Waals surface area contributed by atoms with Gasteiger partial charge in [0.1, 0.15) is 16.3 Å². The normalized spacial score (nSPS) is 11.4. The molecule has 1 atom stereocenters. The van der Waals surface area contributed by atoms with Gasteiger partial charge in [0.25, 0.3) is 0 Å². The molecular formula is C20H21N3O3S. The van der Waals surface area contributed by atoms with E-state index in [9.17, 15) is 14.9 Å². The van der Waals surface area contributed by atoms with Crippen LogP contribution < -0.4 is 0 Å². The van der Waals surface area contributed by atoms with Gasteiger partial charge in [0.15, 0.2) is 0 Å². The topological polar surface area (TPSA) is 83.3 Å². The first-order chi connectivity index (χ1) is 12.9. The van der Waals surface area contributed by atoms with Gasteiger partial charge in [-0.15, -0.1) is 0 Å². The summed E-state index contributed by atoms with van der Waals surface area (Å²) in [4.78, 5) is 30.7. The summed E-state index contributed by atoms with van der Waals surface area (Å²) in [6, 6.07) is 12.9. The average Bonchev–Trinajstić information content (AvgIpc) is 2.66. The molecule has 2 rings (SSSR count). The van der Waals surface area contributed by atoms with Crippen molar-refractivity contribution in [1.82, 2.24) is 9.88 Å². The van der Waals surface area contributed by atoms with Gasteiger partial charge in [-0.2, -0.15) is 5.26 Å². The Morgan fingerprint density at radius 2 is 1.96 bits per heavy atom. The fourth-order valence-corrected chi connectivity index (χ4v) is 3.65. The molecule has 27 heavy (non-hydrogen) atoms. The summed E-state index contributed by atoms with van der Waals surface area (Å²) in [6.45, 7) is 3.64. The number of aromatic nitrogens is 1. The fourth-order valence-electron chi connectivity index (χ4n) is 2.40. The van der Waals surface area contributed by atoms with Crippen molar-refractivity contribution >= 4 is 23.6 Å². The number of esters is 1. The standard InChI is InChI=1S/C20H21N3O3S/c1-5-26-20(25)16-11-15(12-21)18(22-13(16)2)27-17(19(24)23(3)4)14-9-7-6-8-10-14/h6-11,17H,5H2,1-4H3/t17-/m0/s1. The number of likely N-dealkylation sites (N-methyl/N-ethyl adjacent to an activating group) is 1. The van der Waals surface area contributed by atoms with Crippen LogP contribution in [0.25, 0.3) is 0 Å². The van der Waals surface area contributed by atoms with Crippen LogP contribution in [0.4, 0.5) is 0 Å². The number of hydrogen-bond donors (Lipinski definition) is 0. The number of carbonyl (C=O) groups excluding carboxylic acids is 2. The summed E-state index contributed by atoms with van der Waals surface area (Å²) in [5.74, 6) is -0.622. The van der Waals surface area contributed by atoms with E-state index in [1.165, 1.54) is 22.7 Å². The number of nitriles is 1. The van der Waals surface area contributed by atoms with Gasteiger partial charge >= 0.3 is 5.97 Å². The van der Waals surface area contributed by atoms with E-state index >= 15 is 0 Å². The van der Waals surface area contributed by atoms with Crippen LogP contribution in [-0.4, -0.2) is 42.5 Å². The van der Waals surface area contributed by atoms with E-state index in [1.54, 1.807) is 27.9 Å². The largest absolute Gasteiger partial charge is 0.462 e. The predicted molar refractivity (Wildman–Crippen MR) is 103 cm³/mol. The van der Waals surface area contributed by atoms with E-state index in [0.717, 1.165) is 5.56 Å². The zero-order valence-electron chi connectivity index (χ0n) is 15.7. The second-order valence-electron chi connectivity index (χ2n) is 5.95. The third kappa shape index (κ3) is 4.86. The predicted octanol–water partition coefficient (Wildman–Crippen LogP) is 3.36. The van der Waals surface area contributed by atoms with Gasteiger partial charge in [-0.05, 0) is 25.5 Å². The monoisotopic (exact) mass is 383 g/mol. The third-order valence-electron chi connectivity index (χ3n) is 3.79. The van der Waals surface area contributed by atoms with Crippen molar-refractivity contribution in [2.24, 2.45) is 0 Å². The maximum Gasteiger partial charge on any atom is 0.340 e. The highest BCUT2D eigenvalue weighted by molar-refractivity contribution is 8.00. The lowest BCUT2D eigenvalue weighted by Gasteiger charge is -2.21. The summed E-state index contributed by atoms with van der Waals surface area (Å²) < 4.78 is 5.01. The van der Waals surface area contributed by atoms with Gasteiger partial charge in [-0.1, -0.05) is 42.1 Å². The molecular weight excluding hydrogens is 362 g/mol. The number of nitrogens with zero attached hydrogens (tertiary/aromatic N) is 3. The highest BCUT2D eigenvalue weighted by Gasteiger charge is 2.26. The van der Waals surface area contributed by atoms with Crippen LogP contribution in [0.5, 0.6) is 0 Å². The second-order valence-corrected chi connectivity index (χ2v) is 7.04. The van der Waals surface area contributed by atoms with Gasteiger partial charge in [-0.3, -0.25) is 4.79 Å².